The second kappa shape index (κ2) is 3.71. The number of halogens is 3. The lowest BCUT2D eigenvalue weighted by Crippen LogP contribution is -2.20. The fourth-order valence-corrected chi connectivity index (χ4v) is 4.01. The fourth-order valence-electron chi connectivity index (χ4n) is 2.24. The first-order valence-corrected chi connectivity index (χ1v) is 7.27. The molecule has 1 aromatic carbocycles. The lowest BCUT2D eigenvalue weighted by molar-refractivity contribution is 0.614. The van der Waals surface area contributed by atoms with Crippen molar-refractivity contribution in [3.8, 4) is 0 Å². The van der Waals surface area contributed by atoms with Crippen LogP contribution < -0.4 is 5.69 Å². The molecule has 1 aliphatic rings. The van der Waals surface area contributed by atoms with Crippen LogP contribution in [0.1, 0.15) is 12.0 Å². The number of hydrogen-bond donors (Lipinski definition) is 1. The number of aromatic nitrogens is 2. The zero-order valence-electron chi connectivity index (χ0n) is 8.11. The number of aryl methyl sites for hydroxylation is 2. The van der Waals surface area contributed by atoms with Crippen LogP contribution in [0.2, 0.25) is 0 Å². The van der Waals surface area contributed by atoms with E-state index in [0.29, 0.717) is 0 Å². The van der Waals surface area contributed by atoms with Crippen molar-refractivity contribution in [1.29, 1.82) is 0 Å². The highest BCUT2D eigenvalue weighted by Crippen LogP contribution is 2.41. The summed E-state index contributed by atoms with van der Waals surface area (Å²) in [5.74, 6) is 0. The van der Waals surface area contributed by atoms with Gasteiger partial charge in [-0.1, -0.05) is 0 Å². The number of aromatic amines is 1. The number of rotatable bonds is 0. The maximum Gasteiger partial charge on any atom is 0.326 e. The molecule has 0 spiro atoms. The molecule has 3 rings (SSSR count). The Bertz CT molecular complexity index is 656. The zero-order chi connectivity index (χ0) is 11.4. The maximum atomic E-state index is 11.8. The van der Waals surface area contributed by atoms with E-state index < -0.39 is 0 Å². The Morgan fingerprint density at radius 2 is 1.88 bits per heavy atom. The Balaban J connectivity index is 2.62. The molecule has 0 amide bonds. The molecule has 0 radical (unpaired) electrons. The van der Waals surface area contributed by atoms with E-state index in [9.17, 15) is 4.79 Å². The Hall–Kier alpha value is -0.0700. The monoisotopic (exact) mass is 408 g/mol. The van der Waals surface area contributed by atoms with Crippen LogP contribution in [0.25, 0.3) is 11.0 Å². The van der Waals surface area contributed by atoms with Gasteiger partial charge in [-0.05, 0) is 66.2 Å². The first-order valence-electron chi connectivity index (χ1n) is 4.89. The van der Waals surface area contributed by atoms with Gasteiger partial charge in [0.1, 0.15) is 0 Å². The van der Waals surface area contributed by atoms with Gasteiger partial charge in [-0.15, -0.1) is 0 Å². The van der Waals surface area contributed by atoms with Crippen LogP contribution in [0.15, 0.2) is 18.2 Å². The molecule has 16 heavy (non-hydrogen) atoms. The number of imidazole rings is 1. The quantitative estimate of drug-likeness (QED) is 0.662. The van der Waals surface area contributed by atoms with Crippen molar-refractivity contribution in [1.82, 2.24) is 9.55 Å². The summed E-state index contributed by atoms with van der Waals surface area (Å²) in [4.78, 5) is 14.7. The van der Waals surface area contributed by atoms with E-state index in [2.05, 4.69) is 52.8 Å². The lowest BCUT2D eigenvalue weighted by Gasteiger charge is -2.17. The molecule has 0 bridgehead atoms. The Morgan fingerprint density at radius 3 is 2.62 bits per heavy atom. The van der Waals surface area contributed by atoms with E-state index in [-0.39, 0.29) is 5.69 Å². The van der Waals surface area contributed by atoms with E-state index in [1.165, 1.54) is 5.56 Å². The van der Waals surface area contributed by atoms with Gasteiger partial charge in [0, 0.05) is 15.5 Å². The van der Waals surface area contributed by atoms with Gasteiger partial charge in [0.2, 0.25) is 0 Å². The van der Waals surface area contributed by atoms with Gasteiger partial charge >= 0.3 is 5.69 Å². The molecule has 3 nitrogen and oxygen atoms in total. The van der Waals surface area contributed by atoms with Gasteiger partial charge < -0.3 is 4.98 Å². The molecule has 0 fully saturated rings. The molecule has 0 aliphatic carbocycles. The highest BCUT2D eigenvalue weighted by atomic mass is 79.9. The van der Waals surface area contributed by atoms with Crippen molar-refractivity contribution in [3.63, 3.8) is 0 Å². The summed E-state index contributed by atoms with van der Waals surface area (Å²) in [5.41, 5.74) is 3.09. The third kappa shape index (κ3) is 1.32. The fraction of sp³-hybridized carbons (Fsp3) is 0.300. The summed E-state index contributed by atoms with van der Waals surface area (Å²) in [6.45, 7) is 0.798. The van der Waals surface area contributed by atoms with Gasteiger partial charge in [0.15, 0.2) is 0 Å². The molecular formula is C10H7Br3N2O. The van der Waals surface area contributed by atoms with E-state index in [0.717, 1.165) is 43.8 Å². The van der Waals surface area contributed by atoms with Crippen molar-refractivity contribution in [2.75, 3.05) is 0 Å². The van der Waals surface area contributed by atoms with Crippen molar-refractivity contribution in [2.45, 2.75) is 19.4 Å². The van der Waals surface area contributed by atoms with Crippen LogP contribution in [-0.4, -0.2) is 9.55 Å². The number of hydrogen-bond acceptors (Lipinski definition) is 1. The topological polar surface area (TPSA) is 37.8 Å². The van der Waals surface area contributed by atoms with E-state index in [1.54, 1.807) is 0 Å². The summed E-state index contributed by atoms with van der Waals surface area (Å²) in [6.07, 6.45) is 2.01. The molecule has 0 atom stereocenters. The summed E-state index contributed by atoms with van der Waals surface area (Å²) >= 11 is 10.6. The van der Waals surface area contributed by atoms with Crippen LogP contribution in [0.3, 0.4) is 0 Å². The summed E-state index contributed by atoms with van der Waals surface area (Å²) in [7, 11) is 0. The number of nitrogens with zero attached hydrogens (tertiary/aromatic N) is 1. The minimum absolute atomic E-state index is 0.0262. The molecule has 0 unspecified atom stereocenters. The van der Waals surface area contributed by atoms with Crippen LogP contribution in [0.4, 0.5) is 0 Å². The molecule has 84 valence electrons. The van der Waals surface area contributed by atoms with Gasteiger partial charge in [0.25, 0.3) is 0 Å². The van der Waals surface area contributed by atoms with E-state index in [1.807, 2.05) is 4.57 Å². The van der Waals surface area contributed by atoms with Crippen molar-refractivity contribution in [3.05, 3.63) is 29.5 Å². The molecule has 1 N–H and O–H groups in total. The second-order valence-electron chi connectivity index (χ2n) is 3.83. The molecule has 1 aromatic heterocycles. The average Bonchev–Trinajstić information content (AvgIpc) is 2.63. The van der Waals surface area contributed by atoms with Gasteiger partial charge in [-0.3, -0.25) is 4.57 Å². The average molecular weight is 411 g/mol. The highest BCUT2D eigenvalue weighted by molar-refractivity contribution is 9.14. The molecule has 0 saturated heterocycles. The van der Waals surface area contributed by atoms with Crippen molar-refractivity contribution >= 4 is 58.8 Å². The largest absolute Gasteiger partial charge is 0.326 e. The Labute approximate surface area is 117 Å². The smallest absolute Gasteiger partial charge is 0.304 e. The Morgan fingerprint density at radius 1 is 1.12 bits per heavy atom. The first-order chi connectivity index (χ1) is 7.61. The summed E-state index contributed by atoms with van der Waals surface area (Å²) < 4.78 is 4.72. The standard InChI is InChI=1S/C10H7Br3N2O/c11-5-4-2-1-3-15-9(4)8(14-10(15)16)7(13)6(5)12/h1-3H2,(H,14,16). The van der Waals surface area contributed by atoms with E-state index >= 15 is 0 Å². The van der Waals surface area contributed by atoms with Gasteiger partial charge in [-0.2, -0.15) is 0 Å². The van der Waals surface area contributed by atoms with Crippen LogP contribution in [0.5, 0.6) is 0 Å². The molecule has 2 aromatic rings. The van der Waals surface area contributed by atoms with E-state index in [4.69, 9.17) is 0 Å². The molecule has 6 heteroatoms. The summed E-state index contributed by atoms with van der Waals surface area (Å²) in [5, 5.41) is 0. The molecule has 2 heterocycles. The Kier molecular flexibility index (Phi) is 2.56. The third-order valence-electron chi connectivity index (χ3n) is 2.95. The minimum atomic E-state index is -0.0262. The highest BCUT2D eigenvalue weighted by Gasteiger charge is 2.22. The maximum absolute atomic E-state index is 11.8. The second-order valence-corrected chi connectivity index (χ2v) is 6.21. The van der Waals surface area contributed by atoms with Gasteiger partial charge in [0.05, 0.1) is 15.5 Å². The zero-order valence-corrected chi connectivity index (χ0v) is 12.9. The predicted octanol–water partition coefficient (Wildman–Crippen LogP) is 3.56. The number of H-pyrrole nitrogens is 1. The van der Waals surface area contributed by atoms with Gasteiger partial charge in [-0.25, -0.2) is 4.79 Å². The molecule has 0 saturated carbocycles. The van der Waals surface area contributed by atoms with Crippen molar-refractivity contribution < 1.29 is 0 Å². The van der Waals surface area contributed by atoms with Crippen LogP contribution >= 0.6 is 47.8 Å². The molecule has 1 aliphatic heterocycles. The van der Waals surface area contributed by atoms with Crippen LogP contribution in [-0.2, 0) is 13.0 Å². The first kappa shape index (κ1) is 11.0. The molecular weight excluding hydrogens is 404 g/mol. The number of benzene rings is 1. The SMILES string of the molecule is O=c1[nH]c2c(Br)c(Br)c(Br)c3c2n1CCC3. The summed E-state index contributed by atoms with van der Waals surface area (Å²) in [6, 6.07) is 0. The predicted molar refractivity (Wildman–Crippen MR) is 74.0 cm³/mol. The van der Waals surface area contributed by atoms with Crippen LogP contribution in [0, 0.1) is 0 Å². The normalized spacial score (nSPS) is 14.7. The minimum Gasteiger partial charge on any atom is -0.304 e. The lowest BCUT2D eigenvalue weighted by atomic mass is 10.0. The number of nitrogens with one attached hydrogen (secondary N) is 1. The third-order valence-corrected chi connectivity index (χ3v) is 6.47. The van der Waals surface area contributed by atoms with Crippen molar-refractivity contribution in [2.24, 2.45) is 0 Å².